The van der Waals surface area contributed by atoms with Crippen molar-refractivity contribution in [3.05, 3.63) is 40.8 Å². The molecular weight excluding hydrogens is 192 g/mol. The summed E-state index contributed by atoms with van der Waals surface area (Å²) in [6.07, 6.45) is 2.04. The normalized spacial score (nSPS) is 12.3. The molecule has 1 aromatic carbocycles. The molecule has 1 aromatic heterocycles. The Hall–Kier alpha value is -1.12. The molecule has 14 heavy (non-hydrogen) atoms. The third-order valence-corrected chi connectivity index (χ3v) is 3.14. The smallest absolute Gasteiger partial charge is 0.0642 e. The summed E-state index contributed by atoms with van der Waals surface area (Å²) in [6.45, 7) is 2.07. The Labute approximate surface area is 87.3 Å². The largest absolute Gasteiger partial charge is 0.392 e. The molecule has 72 valence electrons. The van der Waals surface area contributed by atoms with Gasteiger partial charge in [-0.15, -0.1) is 11.3 Å². The molecule has 0 amide bonds. The average Bonchev–Trinajstić information content (AvgIpc) is 2.62. The fraction of sp³-hybridized carbons (Fsp3) is 0.167. The molecule has 0 saturated carbocycles. The highest BCUT2D eigenvalue weighted by atomic mass is 32.1. The molecule has 0 aliphatic rings. The minimum atomic E-state index is 0.129. The summed E-state index contributed by atoms with van der Waals surface area (Å²) in [5.74, 6) is 0. The van der Waals surface area contributed by atoms with Crippen molar-refractivity contribution in [1.29, 1.82) is 0 Å². The average molecular weight is 204 g/mol. The highest BCUT2D eigenvalue weighted by molar-refractivity contribution is 7.17. The van der Waals surface area contributed by atoms with E-state index in [-0.39, 0.29) is 6.61 Å². The van der Waals surface area contributed by atoms with Crippen LogP contribution in [0, 0.1) is 0 Å². The molecule has 0 atom stereocenters. The fourth-order valence-electron chi connectivity index (χ4n) is 1.42. The van der Waals surface area contributed by atoms with Crippen LogP contribution in [-0.2, 0) is 0 Å². The van der Waals surface area contributed by atoms with Gasteiger partial charge in [0.1, 0.15) is 0 Å². The molecule has 1 N–H and O–H groups in total. The molecule has 2 heteroatoms. The number of aliphatic hydroxyl groups excluding tert-OH is 1. The van der Waals surface area contributed by atoms with E-state index in [0.29, 0.717) is 0 Å². The Morgan fingerprint density at radius 3 is 3.00 bits per heavy atom. The van der Waals surface area contributed by atoms with E-state index in [0.717, 1.165) is 5.57 Å². The fourth-order valence-corrected chi connectivity index (χ4v) is 2.34. The van der Waals surface area contributed by atoms with Crippen molar-refractivity contribution < 1.29 is 5.11 Å². The lowest BCUT2D eigenvalue weighted by molar-refractivity contribution is 0.332. The maximum Gasteiger partial charge on any atom is 0.0642 e. The molecule has 0 fully saturated rings. The minimum Gasteiger partial charge on any atom is -0.392 e. The van der Waals surface area contributed by atoms with E-state index in [1.165, 1.54) is 15.6 Å². The maximum absolute atomic E-state index is 8.94. The number of aliphatic hydroxyl groups is 1. The molecule has 0 radical (unpaired) electrons. The maximum atomic E-state index is 8.94. The molecule has 0 saturated heterocycles. The summed E-state index contributed by atoms with van der Waals surface area (Å²) < 4.78 is 1.30. The number of hydrogen-bond acceptors (Lipinski definition) is 2. The summed E-state index contributed by atoms with van der Waals surface area (Å²) in [5, 5.41) is 12.3. The van der Waals surface area contributed by atoms with Gasteiger partial charge in [-0.25, -0.2) is 0 Å². The lowest BCUT2D eigenvalue weighted by atomic mass is 10.1. The van der Waals surface area contributed by atoms with Gasteiger partial charge >= 0.3 is 0 Å². The molecule has 1 heterocycles. The van der Waals surface area contributed by atoms with E-state index >= 15 is 0 Å². The van der Waals surface area contributed by atoms with Crippen LogP contribution in [0.25, 0.3) is 16.2 Å². The summed E-state index contributed by atoms with van der Waals surface area (Å²) in [4.78, 5) is 0. The third kappa shape index (κ3) is 1.72. The van der Waals surface area contributed by atoms with E-state index in [1.54, 1.807) is 11.3 Å². The number of rotatable bonds is 2. The monoisotopic (exact) mass is 204 g/mol. The lowest BCUT2D eigenvalue weighted by Crippen LogP contribution is -1.82. The molecule has 2 rings (SSSR count). The lowest BCUT2D eigenvalue weighted by Gasteiger charge is -1.94. The van der Waals surface area contributed by atoms with Crippen molar-refractivity contribution in [2.24, 2.45) is 0 Å². The zero-order valence-electron chi connectivity index (χ0n) is 8.03. The van der Waals surface area contributed by atoms with Crippen LogP contribution >= 0.6 is 11.3 Å². The van der Waals surface area contributed by atoms with Crippen molar-refractivity contribution in [3.63, 3.8) is 0 Å². The van der Waals surface area contributed by atoms with Gasteiger partial charge in [-0.3, -0.25) is 0 Å². The molecule has 0 aliphatic carbocycles. The number of thiophene rings is 1. The Bertz CT molecular complexity index is 468. The van der Waals surface area contributed by atoms with Crippen molar-refractivity contribution in [1.82, 2.24) is 0 Å². The summed E-state index contributed by atoms with van der Waals surface area (Å²) in [5.41, 5.74) is 2.20. The standard InChI is InChI=1S/C12H12OS/c1-9(7-13)6-10-8-14-12-5-3-2-4-11(10)12/h2-6,8,13H,7H2,1H3. The van der Waals surface area contributed by atoms with E-state index in [2.05, 4.69) is 17.5 Å². The SMILES string of the molecule is CC(=Cc1csc2ccccc12)CO. The van der Waals surface area contributed by atoms with Crippen molar-refractivity contribution in [2.75, 3.05) is 6.61 Å². The molecule has 0 spiro atoms. The number of fused-ring (bicyclic) bond motifs is 1. The third-order valence-electron chi connectivity index (χ3n) is 2.16. The predicted octanol–water partition coefficient (Wildman–Crippen LogP) is 3.30. The second kappa shape index (κ2) is 3.95. The zero-order valence-corrected chi connectivity index (χ0v) is 8.84. The molecule has 0 aliphatic heterocycles. The van der Waals surface area contributed by atoms with Gasteiger partial charge in [-0.2, -0.15) is 0 Å². The number of benzene rings is 1. The van der Waals surface area contributed by atoms with Crippen LogP contribution < -0.4 is 0 Å². The molecule has 0 bridgehead atoms. The quantitative estimate of drug-likeness (QED) is 0.795. The van der Waals surface area contributed by atoms with E-state index in [9.17, 15) is 0 Å². The van der Waals surface area contributed by atoms with Crippen LogP contribution in [0.2, 0.25) is 0 Å². The highest BCUT2D eigenvalue weighted by Gasteiger charge is 2.00. The molecule has 1 nitrogen and oxygen atoms in total. The summed E-state index contributed by atoms with van der Waals surface area (Å²) >= 11 is 1.74. The van der Waals surface area contributed by atoms with Gasteiger partial charge in [0.25, 0.3) is 0 Å². The van der Waals surface area contributed by atoms with Crippen LogP contribution in [0.3, 0.4) is 0 Å². The van der Waals surface area contributed by atoms with E-state index < -0.39 is 0 Å². The van der Waals surface area contributed by atoms with Gasteiger partial charge in [0.15, 0.2) is 0 Å². The molecule has 2 aromatic rings. The molecular formula is C12H12OS. The first kappa shape index (κ1) is 9.44. The van der Waals surface area contributed by atoms with Crippen molar-refractivity contribution >= 4 is 27.5 Å². The van der Waals surface area contributed by atoms with E-state index in [1.807, 2.05) is 25.1 Å². The predicted molar refractivity (Wildman–Crippen MR) is 62.6 cm³/mol. The van der Waals surface area contributed by atoms with Gasteiger partial charge in [-0.1, -0.05) is 24.3 Å². The van der Waals surface area contributed by atoms with Crippen LogP contribution in [-0.4, -0.2) is 11.7 Å². The second-order valence-electron chi connectivity index (χ2n) is 3.34. The Kier molecular flexibility index (Phi) is 2.66. The Morgan fingerprint density at radius 1 is 1.43 bits per heavy atom. The van der Waals surface area contributed by atoms with Crippen LogP contribution in [0.15, 0.2) is 35.2 Å². The zero-order chi connectivity index (χ0) is 9.97. The van der Waals surface area contributed by atoms with Gasteiger partial charge in [0.2, 0.25) is 0 Å². The Morgan fingerprint density at radius 2 is 2.21 bits per heavy atom. The van der Waals surface area contributed by atoms with Crippen molar-refractivity contribution in [3.8, 4) is 0 Å². The first-order chi connectivity index (χ1) is 6.81. The second-order valence-corrected chi connectivity index (χ2v) is 4.25. The van der Waals surface area contributed by atoms with Crippen LogP contribution in [0.1, 0.15) is 12.5 Å². The molecule has 0 unspecified atom stereocenters. The summed E-state index contributed by atoms with van der Waals surface area (Å²) in [7, 11) is 0. The van der Waals surface area contributed by atoms with Gasteiger partial charge in [0, 0.05) is 4.70 Å². The van der Waals surface area contributed by atoms with E-state index in [4.69, 9.17) is 5.11 Å². The first-order valence-corrected chi connectivity index (χ1v) is 5.43. The van der Waals surface area contributed by atoms with Crippen molar-refractivity contribution in [2.45, 2.75) is 6.92 Å². The topological polar surface area (TPSA) is 20.2 Å². The highest BCUT2D eigenvalue weighted by Crippen LogP contribution is 2.27. The summed E-state index contributed by atoms with van der Waals surface area (Å²) in [6, 6.07) is 8.32. The first-order valence-electron chi connectivity index (χ1n) is 4.55. The Balaban J connectivity index is 2.53. The minimum absolute atomic E-state index is 0.129. The number of hydrogen-bond donors (Lipinski definition) is 1. The van der Waals surface area contributed by atoms with Gasteiger partial charge in [-0.05, 0) is 34.9 Å². The van der Waals surface area contributed by atoms with Crippen LogP contribution in [0.5, 0.6) is 0 Å². The van der Waals surface area contributed by atoms with Crippen LogP contribution in [0.4, 0.5) is 0 Å². The van der Waals surface area contributed by atoms with Gasteiger partial charge in [0.05, 0.1) is 6.61 Å². The van der Waals surface area contributed by atoms with Gasteiger partial charge < -0.3 is 5.11 Å².